The van der Waals surface area contributed by atoms with Crippen molar-refractivity contribution in [2.24, 2.45) is 7.05 Å². The summed E-state index contributed by atoms with van der Waals surface area (Å²) in [4.78, 5) is 0. The van der Waals surface area contributed by atoms with Crippen LogP contribution < -0.4 is 28.5 Å². The normalized spacial score (nSPS) is 11.0. The molecule has 1 nitrogen and oxygen atoms in total. The molecular weight excluding hydrogens is 393 g/mol. The molecule has 3 rings (SSSR count). The number of halogens is 1. The van der Waals surface area contributed by atoms with Gasteiger partial charge in [-0.3, -0.25) is 0 Å². The first-order valence-corrected chi connectivity index (χ1v) is 7.69. The van der Waals surface area contributed by atoms with Gasteiger partial charge >= 0.3 is 0 Å². The van der Waals surface area contributed by atoms with Gasteiger partial charge in [-0.15, -0.1) is 0 Å². The van der Waals surface area contributed by atoms with Crippen LogP contribution in [0, 0.1) is 20.8 Å². The molecule has 1 heterocycles. The van der Waals surface area contributed by atoms with Crippen molar-refractivity contribution in [1.82, 2.24) is 0 Å². The van der Waals surface area contributed by atoms with Crippen molar-refractivity contribution in [3.8, 4) is 0 Å². The zero-order valence-corrected chi connectivity index (χ0v) is 16.3. The van der Waals surface area contributed by atoms with Crippen molar-refractivity contribution in [2.75, 3.05) is 0 Å². The van der Waals surface area contributed by atoms with Crippen molar-refractivity contribution in [1.29, 1.82) is 0 Å². The molecule has 0 amide bonds. The number of pyridine rings is 1. The van der Waals surface area contributed by atoms with Crippen LogP contribution in [0.15, 0.2) is 48.7 Å². The first kappa shape index (κ1) is 17.7. The van der Waals surface area contributed by atoms with Crippen LogP contribution in [0.2, 0.25) is 0 Å². The quantitative estimate of drug-likeness (QED) is 0.444. The molecule has 0 N–H and O–H groups in total. The summed E-state index contributed by atoms with van der Waals surface area (Å²) in [7, 11) is 2.09. The van der Waals surface area contributed by atoms with Crippen LogP contribution in [0.1, 0.15) is 27.8 Å². The van der Waals surface area contributed by atoms with Gasteiger partial charge in [-0.2, -0.15) is 0 Å². The van der Waals surface area contributed by atoms with E-state index >= 15 is 0 Å². The summed E-state index contributed by atoms with van der Waals surface area (Å²) in [5.41, 5.74) is 7.82. The second-order valence-electron chi connectivity index (χ2n) is 6.04. The zero-order chi connectivity index (χ0) is 15.7. The molecule has 0 saturated carbocycles. The lowest BCUT2D eigenvalue weighted by atomic mass is 9.98. The average molecular weight is 415 g/mol. The van der Waals surface area contributed by atoms with Crippen LogP contribution in [0.4, 0.5) is 0 Å². The fraction of sp³-hybridized carbons (Fsp3) is 0.190. The van der Waals surface area contributed by atoms with Crippen molar-refractivity contribution < 1.29 is 28.5 Å². The maximum Gasteiger partial charge on any atom is 0.212 e. The minimum absolute atomic E-state index is 0. The number of nitrogens with zero attached hydrogens (tertiary/aromatic N) is 1. The molecule has 0 aliphatic rings. The largest absolute Gasteiger partial charge is 1.00 e. The molecule has 0 bridgehead atoms. The molecule has 2 heteroatoms. The third kappa shape index (κ3) is 3.63. The number of para-hydroxylation sites is 1. The van der Waals surface area contributed by atoms with E-state index in [-0.39, 0.29) is 24.0 Å². The van der Waals surface area contributed by atoms with Crippen LogP contribution in [0.3, 0.4) is 0 Å². The zero-order valence-electron chi connectivity index (χ0n) is 14.1. The second kappa shape index (κ2) is 7.26. The molecule has 0 aliphatic carbocycles. The number of hydrogen-bond acceptors (Lipinski definition) is 0. The summed E-state index contributed by atoms with van der Waals surface area (Å²) in [6, 6.07) is 15.2. The van der Waals surface area contributed by atoms with Crippen molar-refractivity contribution in [2.45, 2.75) is 20.8 Å². The number of rotatable bonds is 2. The molecule has 0 aliphatic heterocycles. The highest BCUT2D eigenvalue weighted by Gasteiger charge is 2.07. The number of aryl methyl sites for hydroxylation is 4. The molecular formula is C21H22IN. The summed E-state index contributed by atoms with van der Waals surface area (Å²) in [6.07, 6.45) is 6.59. The number of hydrogen-bond donors (Lipinski definition) is 0. The van der Waals surface area contributed by atoms with Crippen LogP contribution >= 0.6 is 0 Å². The summed E-state index contributed by atoms with van der Waals surface area (Å²) >= 11 is 0. The third-order valence-electron chi connectivity index (χ3n) is 4.24. The third-order valence-corrected chi connectivity index (χ3v) is 4.24. The summed E-state index contributed by atoms with van der Waals surface area (Å²) < 4.78 is 2.16. The van der Waals surface area contributed by atoms with Crippen molar-refractivity contribution in [3.05, 3.63) is 76.5 Å². The van der Waals surface area contributed by atoms with E-state index in [1.165, 1.54) is 38.7 Å². The van der Waals surface area contributed by atoms with Gasteiger partial charge in [-0.25, -0.2) is 4.57 Å². The molecule has 0 unspecified atom stereocenters. The van der Waals surface area contributed by atoms with E-state index in [0.717, 1.165) is 0 Å². The van der Waals surface area contributed by atoms with Gasteiger partial charge in [-0.1, -0.05) is 42.0 Å². The minimum atomic E-state index is 0. The van der Waals surface area contributed by atoms with Crippen LogP contribution in [0.5, 0.6) is 0 Å². The van der Waals surface area contributed by atoms with Gasteiger partial charge in [0, 0.05) is 12.1 Å². The van der Waals surface area contributed by atoms with Gasteiger partial charge in [0.2, 0.25) is 5.52 Å². The molecule has 2 aromatic carbocycles. The molecule has 118 valence electrons. The Kier molecular flexibility index (Phi) is 5.58. The molecule has 0 fully saturated rings. The smallest absolute Gasteiger partial charge is 0.212 e. The first-order chi connectivity index (χ1) is 10.6. The predicted octanol–water partition coefficient (Wildman–Crippen LogP) is 1.76. The van der Waals surface area contributed by atoms with E-state index in [1.54, 1.807) is 0 Å². The highest BCUT2D eigenvalue weighted by molar-refractivity contribution is 5.89. The van der Waals surface area contributed by atoms with E-state index in [4.69, 9.17) is 0 Å². The van der Waals surface area contributed by atoms with Gasteiger partial charge in [-0.05, 0) is 49.1 Å². The van der Waals surface area contributed by atoms with Gasteiger partial charge < -0.3 is 24.0 Å². The second-order valence-corrected chi connectivity index (χ2v) is 6.04. The Bertz CT molecular complexity index is 855. The molecule has 0 spiro atoms. The van der Waals surface area contributed by atoms with E-state index < -0.39 is 0 Å². The monoisotopic (exact) mass is 415 g/mol. The Morgan fingerprint density at radius 2 is 1.52 bits per heavy atom. The van der Waals surface area contributed by atoms with Crippen LogP contribution in [0.25, 0.3) is 23.1 Å². The Morgan fingerprint density at radius 3 is 2.22 bits per heavy atom. The maximum absolute atomic E-state index is 2.25. The van der Waals surface area contributed by atoms with Crippen LogP contribution in [-0.2, 0) is 7.05 Å². The van der Waals surface area contributed by atoms with Crippen molar-refractivity contribution >= 4 is 23.1 Å². The molecule has 3 aromatic rings. The topological polar surface area (TPSA) is 3.88 Å². The average Bonchev–Trinajstić information content (AvgIpc) is 2.48. The molecule has 1 aromatic heterocycles. The molecule has 0 saturated heterocycles. The van der Waals surface area contributed by atoms with Gasteiger partial charge in [0.1, 0.15) is 7.05 Å². The fourth-order valence-corrected chi connectivity index (χ4v) is 3.16. The first-order valence-electron chi connectivity index (χ1n) is 7.69. The van der Waals surface area contributed by atoms with Gasteiger partial charge in [0.05, 0.1) is 5.39 Å². The Morgan fingerprint density at radius 1 is 0.870 bits per heavy atom. The lowest BCUT2D eigenvalue weighted by Gasteiger charge is -2.07. The Labute approximate surface area is 155 Å². The van der Waals surface area contributed by atoms with Crippen molar-refractivity contribution in [3.63, 3.8) is 0 Å². The van der Waals surface area contributed by atoms with Gasteiger partial charge in [0.15, 0.2) is 6.20 Å². The highest BCUT2D eigenvalue weighted by atomic mass is 127. The number of benzene rings is 2. The minimum Gasteiger partial charge on any atom is -1.00 e. The lowest BCUT2D eigenvalue weighted by molar-refractivity contribution is -0.644. The summed E-state index contributed by atoms with van der Waals surface area (Å²) in [5.74, 6) is 0. The number of aromatic nitrogens is 1. The van der Waals surface area contributed by atoms with E-state index in [0.29, 0.717) is 0 Å². The molecule has 23 heavy (non-hydrogen) atoms. The van der Waals surface area contributed by atoms with E-state index in [1.807, 2.05) is 0 Å². The molecule has 0 atom stereocenters. The predicted molar refractivity (Wildman–Crippen MR) is 94.7 cm³/mol. The standard InChI is InChI=1S/C21H22N.HI/c1-15-13-16(2)19(17(3)14-15)10-9-18-11-12-22(4)21-8-6-5-7-20(18)21;/h5-14H,1-4H3;1H/q+1;/p-1/b10-9-;. The lowest BCUT2D eigenvalue weighted by Crippen LogP contribution is -3.00. The number of fused-ring (bicyclic) bond motifs is 1. The van der Waals surface area contributed by atoms with Crippen LogP contribution in [-0.4, -0.2) is 0 Å². The van der Waals surface area contributed by atoms with E-state index in [9.17, 15) is 0 Å². The Hall–Kier alpha value is -1.68. The summed E-state index contributed by atoms with van der Waals surface area (Å²) in [6.45, 7) is 6.52. The summed E-state index contributed by atoms with van der Waals surface area (Å²) in [5, 5.41) is 1.28. The van der Waals surface area contributed by atoms with Gasteiger partial charge in [0.25, 0.3) is 0 Å². The fourth-order valence-electron chi connectivity index (χ4n) is 3.16. The maximum atomic E-state index is 2.25. The Balaban J connectivity index is 0.00000192. The molecule has 0 radical (unpaired) electrons. The van der Waals surface area contributed by atoms with E-state index in [2.05, 4.69) is 93.2 Å². The highest BCUT2D eigenvalue weighted by Crippen LogP contribution is 2.21. The SMILES string of the molecule is Cc1cc(C)c(/C=C\c2cc[n+](C)c3ccccc23)c(C)c1.[I-].